The highest BCUT2D eigenvalue weighted by Gasteiger charge is 2.15. The van der Waals surface area contributed by atoms with Crippen molar-refractivity contribution in [2.45, 2.75) is 13.8 Å². The third kappa shape index (κ3) is 3.44. The van der Waals surface area contributed by atoms with Crippen LogP contribution in [0.5, 0.6) is 0 Å². The Labute approximate surface area is 148 Å². The summed E-state index contributed by atoms with van der Waals surface area (Å²) in [4.78, 5) is 28.5. The number of rotatable bonds is 4. The number of hydrogen-bond donors (Lipinski definition) is 2. The second-order valence-corrected chi connectivity index (χ2v) is 5.60. The topological polar surface area (TPSA) is 92.1 Å². The Kier molecular flexibility index (Phi) is 4.74. The molecule has 0 fully saturated rings. The number of aromatic nitrogens is 3. The molecule has 3 rings (SSSR count). The van der Waals surface area contributed by atoms with Crippen molar-refractivity contribution in [3.63, 3.8) is 0 Å². The van der Waals surface area contributed by atoms with Crippen molar-refractivity contribution in [3.05, 3.63) is 81.8 Å². The molecule has 8 heteroatoms. The van der Waals surface area contributed by atoms with Crippen LogP contribution in [0.15, 0.2) is 58.7 Å². The summed E-state index contributed by atoms with van der Waals surface area (Å²) >= 11 is 0. The molecule has 132 valence electrons. The summed E-state index contributed by atoms with van der Waals surface area (Å²) in [5.41, 5.74) is 4.26. The Morgan fingerprint density at radius 2 is 1.85 bits per heavy atom. The second kappa shape index (κ2) is 7.14. The molecular formula is C18H16FN5O2. The monoisotopic (exact) mass is 353 g/mol. The van der Waals surface area contributed by atoms with E-state index in [1.54, 1.807) is 26.0 Å². The van der Waals surface area contributed by atoms with Gasteiger partial charge in [0.15, 0.2) is 0 Å². The van der Waals surface area contributed by atoms with Crippen LogP contribution < -0.4 is 11.0 Å². The number of aryl methyl sites for hydroxylation is 1. The standard InChI is InChI=1S/C18H16FN5O2/c1-11(21-22-17(25)13-7-9-20-10-8-13)16-12(2)23-24(18(16)26)15-5-3-14(19)4-6-15/h3-10,23H,1-2H3,(H,22,25). The molecule has 7 nitrogen and oxygen atoms in total. The van der Waals surface area contributed by atoms with Crippen molar-refractivity contribution in [2.75, 3.05) is 0 Å². The van der Waals surface area contributed by atoms with Gasteiger partial charge < -0.3 is 0 Å². The van der Waals surface area contributed by atoms with Crippen LogP contribution in [0.2, 0.25) is 0 Å². The zero-order chi connectivity index (χ0) is 18.7. The summed E-state index contributed by atoms with van der Waals surface area (Å²) in [5.74, 6) is -0.791. The number of hydrazone groups is 1. The van der Waals surface area contributed by atoms with Crippen LogP contribution in [0.1, 0.15) is 28.5 Å². The van der Waals surface area contributed by atoms with E-state index < -0.39 is 5.91 Å². The first-order valence-electron chi connectivity index (χ1n) is 7.80. The minimum absolute atomic E-state index is 0.337. The number of aromatic amines is 1. The van der Waals surface area contributed by atoms with Gasteiger partial charge in [0.25, 0.3) is 11.5 Å². The first-order valence-corrected chi connectivity index (χ1v) is 7.80. The van der Waals surface area contributed by atoms with Gasteiger partial charge in [0.2, 0.25) is 0 Å². The van der Waals surface area contributed by atoms with Gasteiger partial charge in [0.05, 0.1) is 17.0 Å². The zero-order valence-electron chi connectivity index (χ0n) is 14.2. The lowest BCUT2D eigenvalue weighted by Crippen LogP contribution is -2.23. The number of pyridine rings is 1. The average molecular weight is 353 g/mol. The van der Waals surface area contributed by atoms with Gasteiger partial charge in [-0.15, -0.1) is 0 Å². The van der Waals surface area contributed by atoms with E-state index in [4.69, 9.17) is 0 Å². The molecule has 0 radical (unpaired) electrons. The van der Waals surface area contributed by atoms with Gasteiger partial charge in [0, 0.05) is 23.7 Å². The van der Waals surface area contributed by atoms with E-state index >= 15 is 0 Å². The number of amides is 1. The summed E-state index contributed by atoms with van der Waals surface area (Å²) in [6.07, 6.45) is 3.01. The quantitative estimate of drug-likeness (QED) is 0.556. The number of benzene rings is 1. The fourth-order valence-electron chi connectivity index (χ4n) is 2.50. The van der Waals surface area contributed by atoms with Crippen molar-refractivity contribution in [3.8, 4) is 5.69 Å². The number of hydrogen-bond acceptors (Lipinski definition) is 4. The van der Waals surface area contributed by atoms with Crippen LogP contribution in [-0.4, -0.2) is 26.4 Å². The van der Waals surface area contributed by atoms with E-state index in [9.17, 15) is 14.0 Å². The Morgan fingerprint density at radius 1 is 1.19 bits per heavy atom. The van der Waals surface area contributed by atoms with E-state index in [0.717, 1.165) is 0 Å². The molecule has 26 heavy (non-hydrogen) atoms. The van der Waals surface area contributed by atoms with Crippen molar-refractivity contribution >= 4 is 11.6 Å². The van der Waals surface area contributed by atoms with Gasteiger partial charge in [0.1, 0.15) is 5.82 Å². The summed E-state index contributed by atoms with van der Waals surface area (Å²) in [5, 5.41) is 6.95. The maximum Gasteiger partial charge on any atom is 0.280 e. The molecule has 0 aliphatic rings. The molecule has 0 spiro atoms. The molecule has 2 aromatic heterocycles. The van der Waals surface area contributed by atoms with Crippen molar-refractivity contribution in [2.24, 2.45) is 5.10 Å². The molecule has 0 saturated carbocycles. The first-order chi connectivity index (χ1) is 12.5. The number of nitrogens with one attached hydrogen (secondary N) is 2. The molecule has 1 amide bonds. The van der Waals surface area contributed by atoms with Crippen LogP contribution in [0.3, 0.4) is 0 Å². The summed E-state index contributed by atoms with van der Waals surface area (Å²) in [7, 11) is 0. The minimum Gasteiger partial charge on any atom is -0.295 e. The lowest BCUT2D eigenvalue weighted by molar-refractivity contribution is 0.0954. The smallest absolute Gasteiger partial charge is 0.280 e. The number of H-pyrrole nitrogens is 1. The van der Waals surface area contributed by atoms with E-state index in [0.29, 0.717) is 28.2 Å². The van der Waals surface area contributed by atoms with Crippen LogP contribution in [0.25, 0.3) is 5.69 Å². The summed E-state index contributed by atoms with van der Waals surface area (Å²) < 4.78 is 14.4. The molecule has 0 bridgehead atoms. The summed E-state index contributed by atoms with van der Waals surface area (Å²) in [6, 6.07) is 8.65. The number of carbonyl (C=O) groups excluding carboxylic acids is 1. The van der Waals surface area contributed by atoms with Crippen LogP contribution in [0.4, 0.5) is 4.39 Å². The average Bonchev–Trinajstić information content (AvgIpc) is 2.95. The highest BCUT2D eigenvalue weighted by molar-refractivity contribution is 6.01. The van der Waals surface area contributed by atoms with Crippen molar-refractivity contribution in [1.29, 1.82) is 0 Å². The second-order valence-electron chi connectivity index (χ2n) is 5.60. The molecule has 0 aliphatic carbocycles. The van der Waals surface area contributed by atoms with Crippen LogP contribution >= 0.6 is 0 Å². The third-order valence-electron chi connectivity index (χ3n) is 3.79. The Balaban J connectivity index is 1.88. The molecule has 1 aromatic carbocycles. The fourth-order valence-corrected chi connectivity index (χ4v) is 2.50. The van der Waals surface area contributed by atoms with Gasteiger partial charge >= 0.3 is 0 Å². The molecule has 0 atom stereocenters. The van der Waals surface area contributed by atoms with E-state index in [1.807, 2.05) is 0 Å². The van der Waals surface area contributed by atoms with E-state index in [-0.39, 0.29) is 11.4 Å². The highest BCUT2D eigenvalue weighted by Crippen LogP contribution is 2.09. The highest BCUT2D eigenvalue weighted by atomic mass is 19.1. The first kappa shape index (κ1) is 17.3. The number of nitrogens with zero attached hydrogens (tertiary/aromatic N) is 3. The Bertz CT molecular complexity index is 1020. The van der Waals surface area contributed by atoms with E-state index in [2.05, 4.69) is 20.6 Å². The molecule has 0 saturated heterocycles. The van der Waals surface area contributed by atoms with Gasteiger partial charge in [-0.1, -0.05) is 0 Å². The lowest BCUT2D eigenvalue weighted by atomic mass is 10.2. The van der Waals surface area contributed by atoms with Gasteiger partial charge in [-0.05, 0) is 50.2 Å². The molecular weight excluding hydrogens is 337 g/mol. The molecule has 0 aliphatic heterocycles. The minimum atomic E-state index is -0.404. The maximum absolute atomic E-state index is 13.1. The SMILES string of the molecule is CC(=NNC(=O)c1ccncc1)c1c(C)[nH]n(-c2ccc(F)cc2)c1=O. The third-order valence-corrected chi connectivity index (χ3v) is 3.79. The normalized spacial score (nSPS) is 11.4. The number of carbonyl (C=O) groups is 1. The summed E-state index contributed by atoms with van der Waals surface area (Å²) in [6.45, 7) is 3.35. The molecule has 0 unspecified atom stereocenters. The Morgan fingerprint density at radius 3 is 2.50 bits per heavy atom. The molecule has 2 N–H and O–H groups in total. The molecule has 3 aromatic rings. The van der Waals surface area contributed by atoms with Gasteiger partial charge in [-0.25, -0.2) is 14.5 Å². The van der Waals surface area contributed by atoms with Crippen molar-refractivity contribution in [1.82, 2.24) is 20.2 Å². The lowest BCUT2D eigenvalue weighted by Gasteiger charge is -2.01. The predicted molar refractivity (Wildman–Crippen MR) is 95.0 cm³/mol. The number of halogens is 1. The van der Waals surface area contributed by atoms with E-state index in [1.165, 1.54) is 41.3 Å². The zero-order valence-corrected chi connectivity index (χ0v) is 14.2. The Hall–Kier alpha value is -3.55. The van der Waals surface area contributed by atoms with Gasteiger partial charge in [-0.2, -0.15) is 5.10 Å². The molecule has 2 heterocycles. The largest absolute Gasteiger partial charge is 0.295 e. The van der Waals surface area contributed by atoms with Crippen LogP contribution in [-0.2, 0) is 0 Å². The van der Waals surface area contributed by atoms with Crippen LogP contribution in [0, 0.1) is 12.7 Å². The van der Waals surface area contributed by atoms with Crippen molar-refractivity contribution < 1.29 is 9.18 Å². The maximum atomic E-state index is 13.1. The predicted octanol–water partition coefficient (Wildman–Crippen LogP) is 2.16. The van der Waals surface area contributed by atoms with Gasteiger partial charge in [-0.3, -0.25) is 19.7 Å². The fraction of sp³-hybridized carbons (Fsp3) is 0.111.